The Morgan fingerprint density at radius 2 is 1.24 bits per heavy atom. The van der Waals surface area contributed by atoms with E-state index < -0.39 is 0 Å². The first-order chi connectivity index (χ1) is 10.3. The third-order valence-corrected chi connectivity index (χ3v) is 4.67. The first-order valence-electron chi connectivity index (χ1n) is 9.53. The molecule has 1 aliphatic rings. The van der Waals surface area contributed by atoms with E-state index in [0.717, 1.165) is 6.54 Å². The third-order valence-electron chi connectivity index (χ3n) is 4.67. The molecule has 0 saturated carbocycles. The second kappa shape index (κ2) is 11.9. The maximum Gasteiger partial charge on any atom is 0.101 e. The summed E-state index contributed by atoms with van der Waals surface area (Å²) in [7, 11) is 0. The van der Waals surface area contributed by atoms with Crippen LogP contribution < -0.4 is 0 Å². The highest BCUT2D eigenvalue weighted by Gasteiger charge is 2.23. The van der Waals surface area contributed by atoms with Crippen LogP contribution in [0, 0.1) is 0 Å². The molecule has 21 heavy (non-hydrogen) atoms. The lowest BCUT2D eigenvalue weighted by atomic mass is 10.1. The van der Waals surface area contributed by atoms with Crippen molar-refractivity contribution in [2.75, 3.05) is 13.1 Å². The Morgan fingerprint density at radius 1 is 0.667 bits per heavy atom. The van der Waals surface area contributed by atoms with Crippen LogP contribution in [0.3, 0.4) is 0 Å². The fourth-order valence-electron chi connectivity index (χ4n) is 3.26. The maximum atomic E-state index is 2.59. The third kappa shape index (κ3) is 7.24. The molecule has 0 aromatic rings. The van der Waals surface area contributed by atoms with Gasteiger partial charge in [-0.3, -0.25) is 0 Å². The molecule has 1 unspecified atom stereocenters. The van der Waals surface area contributed by atoms with E-state index in [4.69, 9.17) is 0 Å². The Kier molecular flexibility index (Phi) is 10.5. The highest BCUT2D eigenvalue weighted by molar-refractivity contribution is 4.96. The molecule has 0 bridgehead atoms. The highest BCUT2D eigenvalue weighted by atomic mass is 15.4. The predicted octanol–water partition coefficient (Wildman–Crippen LogP) is 5.75. The zero-order valence-electron chi connectivity index (χ0n) is 14.8. The lowest BCUT2D eigenvalue weighted by Gasteiger charge is -2.32. The predicted molar refractivity (Wildman–Crippen MR) is 94.1 cm³/mol. The van der Waals surface area contributed by atoms with Crippen LogP contribution in [-0.2, 0) is 0 Å². The van der Waals surface area contributed by atoms with E-state index >= 15 is 0 Å². The van der Waals surface area contributed by atoms with Gasteiger partial charge in [-0.25, -0.2) is 0 Å². The fourth-order valence-corrected chi connectivity index (χ4v) is 3.26. The van der Waals surface area contributed by atoms with Gasteiger partial charge in [-0.2, -0.15) is 0 Å². The topological polar surface area (TPSA) is 6.48 Å². The lowest BCUT2D eigenvalue weighted by Crippen LogP contribution is -2.38. The second-order valence-corrected chi connectivity index (χ2v) is 6.46. The summed E-state index contributed by atoms with van der Waals surface area (Å²) in [5, 5.41) is 0. The normalized spacial score (nSPS) is 18.0. The molecular weight excluding hydrogens is 256 g/mol. The summed E-state index contributed by atoms with van der Waals surface area (Å²) in [5.41, 5.74) is 0. The van der Waals surface area contributed by atoms with Gasteiger partial charge in [0.1, 0.15) is 6.17 Å². The Bertz CT molecular complexity index is 262. The van der Waals surface area contributed by atoms with Crippen LogP contribution >= 0.6 is 0 Å². The molecule has 0 fully saturated rings. The summed E-state index contributed by atoms with van der Waals surface area (Å²) in [5.74, 6) is 0. The van der Waals surface area contributed by atoms with Crippen molar-refractivity contribution in [2.24, 2.45) is 0 Å². The molecule has 2 heteroatoms. The maximum absolute atomic E-state index is 2.59. The van der Waals surface area contributed by atoms with Gasteiger partial charge in [-0.05, 0) is 26.2 Å². The Balaban J connectivity index is 2.21. The van der Waals surface area contributed by atoms with Crippen LogP contribution in [0.1, 0.15) is 91.4 Å². The van der Waals surface area contributed by atoms with Gasteiger partial charge in [0, 0.05) is 25.5 Å². The molecular formula is C19H38N2. The molecule has 0 spiro atoms. The van der Waals surface area contributed by atoms with E-state index in [2.05, 4.69) is 43.0 Å². The number of nitrogens with zero attached hydrogens (tertiary/aromatic N) is 2. The van der Waals surface area contributed by atoms with E-state index in [-0.39, 0.29) is 0 Å². The van der Waals surface area contributed by atoms with Crippen LogP contribution in [-0.4, -0.2) is 29.1 Å². The molecule has 1 aliphatic heterocycles. The zero-order chi connectivity index (χ0) is 15.3. The van der Waals surface area contributed by atoms with Gasteiger partial charge >= 0.3 is 0 Å². The van der Waals surface area contributed by atoms with Crippen LogP contribution in [0.2, 0.25) is 0 Å². The molecule has 0 amide bonds. The molecule has 0 aliphatic carbocycles. The van der Waals surface area contributed by atoms with E-state index in [9.17, 15) is 0 Å². The van der Waals surface area contributed by atoms with Gasteiger partial charge < -0.3 is 9.80 Å². The van der Waals surface area contributed by atoms with Crippen molar-refractivity contribution < 1.29 is 0 Å². The minimum absolute atomic E-state index is 0.641. The smallest absolute Gasteiger partial charge is 0.101 e. The Labute approximate surface area is 133 Å². The second-order valence-electron chi connectivity index (χ2n) is 6.46. The van der Waals surface area contributed by atoms with Crippen molar-refractivity contribution in [3.8, 4) is 0 Å². The number of hydrogen-bond acceptors (Lipinski definition) is 2. The van der Waals surface area contributed by atoms with Crippen molar-refractivity contribution in [3.05, 3.63) is 12.4 Å². The molecule has 0 aromatic carbocycles. The first kappa shape index (κ1) is 18.4. The summed E-state index contributed by atoms with van der Waals surface area (Å²) < 4.78 is 0. The van der Waals surface area contributed by atoms with Crippen molar-refractivity contribution in [3.63, 3.8) is 0 Å². The van der Waals surface area contributed by atoms with E-state index in [1.165, 1.54) is 77.2 Å². The number of hydrogen-bond donors (Lipinski definition) is 0. The highest BCUT2D eigenvalue weighted by Crippen LogP contribution is 2.22. The fraction of sp³-hybridized carbons (Fsp3) is 0.895. The van der Waals surface area contributed by atoms with Crippen molar-refractivity contribution >= 4 is 0 Å². The molecule has 0 N–H and O–H groups in total. The van der Waals surface area contributed by atoms with Gasteiger partial charge in [0.15, 0.2) is 0 Å². The van der Waals surface area contributed by atoms with Crippen LogP contribution in [0.25, 0.3) is 0 Å². The summed E-state index contributed by atoms with van der Waals surface area (Å²) in [4.78, 5) is 5.11. The molecule has 2 nitrogen and oxygen atoms in total. The minimum atomic E-state index is 0.641. The van der Waals surface area contributed by atoms with E-state index in [1.54, 1.807) is 0 Å². The quantitative estimate of drug-likeness (QED) is 0.399. The Hall–Kier alpha value is -0.660. The van der Waals surface area contributed by atoms with E-state index in [1.807, 2.05) is 0 Å². The van der Waals surface area contributed by atoms with Crippen LogP contribution in [0.4, 0.5) is 0 Å². The summed E-state index contributed by atoms with van der Waals surface area (Å²) in [6.07, 6.45) is 20.5. The first-order valence-corrected chi connectivity index (χ1v) is 9.53. The van der Waals surface area contributed by atoms with Crippen molar-refractivity contribution in [2.45, 2.75) is 97.6 Å². The molecule has 0 radical (unpaired) electrons. The van der Waals surface area contributed by atoms with E-state index in [0.29, 0.717) is 6.17 Å². The van der Waals surface area contributed by atoms with Gasteiger partial charge in [-0.1, -0.05) is 65.2 Å². The average Bonchev–Trinajstić information content (AvgIpc) is 2.89. The molecule has 0 saturated heterocycles. The molecule has 0 aromatic heterocycles. The molecule has 124 valence electrons. The van der Waals surface area contributed by atoms with Gasteiger partial charge in [-0.15, -0.1) is 0 Å². The number of rotatable bonds is 13. The standard InChI is InChI=1S/C19H38N2/c1-4-7-9-11-12-14-16-21-18-17-20(6-3)19(21)15-13-10-8-5-2/h17-19H,4-16H2,1-3H3. The lowest BCUT2D eigenvalue weighted by molar-refractivity contribution is 0.142. The van der Waals surface area contributed by atoms with Gasteiger partial charge in [0.2, 0.25) is 0 Å². The van der Waals surface area contributed by atoms with Gasteiger partial charge in [0.05, 0.1) is 0 Å². The van der Waals surface area contributed by atoms with Crippen LogP contribution in [0.15, 0.2) is 12.4 Å². The SMILES string of the molecule is CCCCCCCCN1C=CN(CC)C1CCCCCC. The van der Waals surface area contributed by atoms with Crippen molar-refractivity contribution in [1.29, 1.82) is 0 Å². The van der Waals surface area contributed by atoms with Crippen molar-refractivity contribution in [1.82, 2.24) is 9.80 Å². The summed E-state index contributed by atoms with van der Waals surface area (Å²) in [6, 6.07) is 0. The molecule has 1 atom stereocenters. The van der Waals surface area contributed by atoms with Gasteiger partial charge in [0.25, 0.3) is 0 Å². The van der Waals surface area contributed by atoms with Crippen LogP contribution in [0.5, 0.6) is 0 Å². The number of unbranched alkanes of at least 4 members (excludes halogenated alkanes) is 8. The summed E-state index contributed by atoms with van der Waals surface area (Å²) in [6.45, 7) is 9.25. The minimum Gasteiger partial charge on any atom is -0.356 e. The molecule has 1 rings (SSSR count). The zero-order valence-corrected chi connectivity index (χ0v) is 14.8. The monoisotopic (exact) mass is 294 g/mol. The average molecular weight is 295 g/mol. The Morgan fingerprint density at radius 3 is 1.90 bits per heavy atom. The molecule has 1 heterocycles. The summed E-state index contributed by atoms with van der Waals surface area (Å²) >= 11 is 0. The largest absolute Gasteiger partial charge is 0.356 e.